The Balaban J connectivity index is 4.41. The van der Waals surface area contributed by atoms with Crippen LogP contribution in [0.1, 0.15) is 303 Å². The smallest absolute Gasteiger partial charge is 0.306 e. The molecule has 0 aliphatic rings. The summed E-state index contributed by atoms with van der Waals surface area (Å²) in [4.78, 5) is 26.2. The van der Waals surface area contributed by atoms with Gasteiger partial charge in [0.05, 0.1) is 25.2 Å². The van der Waals surface area contributed by atoms with E-state index in [4.69, 9.17) is 4.74 Å². The van der Waals surface area contributed by atoms with E-state index in [0.29, 0.717) is 19.3 Å². The summed E-state index contributed by atoms with van der Waals surface area (Å²) in [5.41, 5.74) is 0. The van der Waals surface area contributed by atoms with Crippen LogP contribution < -0.4 is 5.32 Å². The topological polar surface area (TPSA) is 95.9 Å². The van der Waals surface area contributed by atoms with Crippen molar-refractivity contribution in [2.45, 2.75) is 322 Å². The molecule has 0 aromatic rings. The zero-order valence-electron chi connectivity index (χ0n) is 42.5. The molecule has 3 N–H and O–H groups in total. The van der Waals surface area contributed by atoms with Gasteiger partial charge in [-0.1, -0.05) is 257 Å². The molecule has 0 saturated heterocycles. The van der Waals surface area contributed by atoms with Crippen LogP contribution in [0.25, 0.3) is 0 Å². The molecule has 0 heterocycles. The molecule has 0 bridgehead atoms. The van der Waals surface area contributed by atoms with Crippen molar-refractivity contribution in [1.29, 1.82) is 0 Å². The van der Waals surface area contributed by atoms with Gasteiger partial charge in [-0.2, -0.15) is 0 Å². The monoisotopic (exact) mass is 888 g/mol. The van der Waals surface area contributed by atoms with Gasteiger partial charge in [0.15, 0.2) is 0 Å². The molecule has 0 rings (SSSR count). The van der Waals surface area contributed by atoms with E-state index < -0.39 is 18.2 Å². The summed E-state index contributed by atoms with van der Waals surface area (Å²) in [5, 5.41) is 23.8. The van der Waals surface area contributed by atoms with Gasteiger partial charge >= 0.3 is 5.97 Å². The van der Waals surface area contributed by atoms with Gasteiger partial charge in [0.1, 0.15) is 6.10 Å². The number of unbranched alkanes of at least 4 members (excludes halogenated alkanes) is 35. The number of aliphatic hydroxyl groups excluding tert-OH is 2. The Hall–Kier alpha value is -1.66. The maximum Gasteiger partial charge on any atom is 0.306 e. The van der Waals surface area contributed by atoms with Crippen molar-refractivity contribution in [2.75, 3.05) is 6.61 Å². The molecule has 0 aliphatic carbocycles. The normalized spacial score (nSPS) is 13.3. The molecule has 6 heteroatoms. The van der Waals surface area contributed by atoms with Crippen molar-refractivity contribution in [2.24, 2.45) is 0 Å². The predicted octanol–water partition coefficient (Wildman–Crippen LogP) is 17.1. The lowest BCUT2D eigenvalue weighted by molar-refractivity contribution is -0.151. The van der Waals surface area contributed by atoms with Gasteiger partial charge in [-0.15, -0.1) is 0 Å². The molecule has 6 nitrogen and oxygen atoms in total. The lowest BCUT2D eigenvalue weighted by Gasteiger charge is -2.24. The number of hydrogen-bond acceptors (Lipinski definition) is 5. The number of amides is 1. The Morgan fingerprint density at radius 3 is 1.24 bits per heavy atom. The molecule has 0 spiro atoms. The Bertz CT molecular complexity index is 997. The number of aliphatic hydroxyl groups is 2. The molecule has 1 amide bonds. The Kier molecular flexibility index (Phi) is 50.0. The average Bonchev–Trinajstić information content (AvgIpc) is 3.28. The number of esters is 1. The standard InChI is InChI=1S/C57H109NO5/c1-4-7-10-13-16-19-22-24-26-27-28-29-31-33-35-38-41-44-47-50-57(62)63-53(48-45-42-39-36-21-18-15-12-9-6-3)51-56(61)58-54(52-59)55(60)49-46-43-40-37-34-32-30-25-23-20-17-14-11-8-5-2/h16,19,24,26,53-55,59-60H,4-15,17-18,20-23,25,27-52H2,1-3H3,(H,58,61)/b19-16-,26-24-. The third-order valence-corrected chi connectivity index (χ3v) is 13.0. The second kappa shape index (κ2) is 51.3. The number of nitrogens with one attached hydrogen (secondary N) is 1. The van der Waals surface area contributed by atoms with E-state index in [-0.39, 0.29) is 24.9 Å². The molecule has 0 saturated carbocycles. The van der Waals surface area contributed by atoms with Crippen LogP contribution >= 0.6 is 0 Å². The number of ether oxygens (including phenoxy) is 1. The largest absolute Gasteiger partial charge is 0.462 e. The highest BCUT2D eigenvalue weighted by Crippen LogP contribution is 2.19. The molecule has 3 unspecified atom stereocenters. The fourth-order valence-electron chi connectivity index (χ4n) is 8.76. The number of carbonyl (C=O) groups excluding carboxylic acids is 2. The molecular weight excluding hydrogens is 779 g/mol. The minimum absolute atomic E-state index is 0.0815. The molecule has 0 aromatic carbocycles. The van der Waals surface area contributed by atoms with Crippen LogP contribution in [0.15, 0.2) is 24.3 Å². The molecule has 372 valence electrons. The van der Waals surface area contributed by atoms with Gasteiger partial charge in [0.2, 0.25) is 5.91 Å². The summed E-state index contributed by atoms with van der Waals surface area (Å²) in [6.45, 7) is 6.48. The van der Waals surface area contributed by atoms with Crippen LogP contribution in [0.3, 0.4) is 0 Å². The number of carbonyl (C=O) groups is 2. The third kappa shape index (κ3) is 46.7. The molecule has 0 radical (unpaired) electrons. The van der Waals surface area contributed by atoms with Crippen LogP contribution in [0.5, 0.6) is 0 Å². The van der Waals surface area contributed by atoms with E-state index in [1.807, 2.05) is 0 Å². The average molecular weight is 889 g/mol. The fourth-order valence-corrected chi connectivity index (χ4v) is 8.76. The lowest BCUT2D eigenvalue weighted by atomic mass is 10.0. The second-order valence-corrected chi connectivity index (χ2v) is 19.3. The molecular formula is C57H109NO5. The number of hydrogen-bond donors (Lipinski definition) is 3. The summed E-state index contributed by atoms with van der Waals surface area (Å²) in [6, 6.07) is -0.697. The maximum absolute atomic E-state index is 13.2. The number of rotatable bonds is 51. The van der Waals surface area contributed by atoms with Crippen molar-refractivity contribution >= 4 is 11.9 Å². The van der Waals surface area contributed by atoms with Crippen LogP contribution in [0.4, 0.5) is 0 Å². The van der Waals surface area contributed by atoms with Gasteiger partial charge in [-0.05, 0) is 57.8 Å². The first-order valence-electron chi connectivity index (χ1n) is 28.1. The van der Waals surface area contributed by atoms with Gasteiger partial charge < -0.3 is 20.3 Å². The van der Waals surface area contributed by atoms with Crippen LogP contribution in [-0.2, 0) is 14.3 Å². The van der Waals surface area contributed by atoms with E-state index in [2.05, 4.69) is 50.4 Å². The highest BCUT2D eigenvalue weighted by atomic mass is 16.5. The summed E-state index contributed by atoms with van der Waals surface area (Å²) in [7, 11) is 0. The first-order chi connectivity index (χ1) is 31.0. The summed E-state index contributed by atoms with van der Waals surface area (Å²) < 4.78 is 5.94. The van der Waals surface area contributed by atoms with Crippen molar-refractivity contribution in [3.8, 4) is 0 Å². The fraction of sp³-hybridized carbons (Fsp3) is 0.895. The number of allylic oxidation sites excluding steroid dienone is 4. The quantitative estimate of drug-likeness (QED) is 0.0321. The van der Waals surface area contributed by atoms with Gasteiger partial charge in [-0.3, -0.25) is 9.59 Å². The van der Waals surface area contributed by atoms with E-state index >= 15 is 0 Å². The second-order valence-electron chi connectivity index (χ2n) is 19.3. The van der Waals surface area contributed by atoms with Gasteiger partial charge in [-0.25, -0.2) is 0 Å². The van der Waals surface area contributed by atoms with Gasteiger partial charge in [0, 0.05) is 6.42 Å². The van der Waals surface area contributed by atoms with E-state index in [1.54, 1.807) is 0 Å². The van der Waals surface area contributed by atoms with Crippen molar-refractivity contribution in [3.05, 3.63) is 24.3 Å². The van der Waals surface area contributed by atoms with E-state index in [9.17, 15) is 19.8 Å². The third-order valence-electron chi connectivity index (χ3n) is 13.0. The Morgan fingerprint density at radius 2 is 0.810 bits per heavy atom. The predicted molar refractivity (Wildman–Crippen MR) is 273 cm³/mol. The molecule has 0 aliphatic heterocycles. The van der Waals surface area contributed by atoms with E-state index in [0.717, 1.165) is 51.4 Å². The van der Waals surface area contributed by atoms with Crippen molar-refractivity contribution < 1.29 is 24.5 Å². The van der Waals surface area contributed by atoms with Crippen LogP contribution in [-0.4, -0.2) is 46.9 Å². The summed E-state index contributed by atoms with van der Waals surface area (Å²) in [6.07, 6.45) is 59.6. The first kappa shape index (κ1) is 61.3. The zero-order valence-corrected chi connectivity index (χ0v) is 42.5. The first-order valence-corrected chi connectivity index (χ1v) is 28.1. The maximum atomic E-state index is 13.2. The zero-order chi connectivity index (χ0) is 45.9. The minimum Gasteiger partial charge on any atom is -0.462 e. The Morgan fingerprint density at radius 1 is 0.460 bits per heavy atom. The van der Waals surface area contributed by atoms with Crippen LogP contribution in [0.2, 0.25) is 0 Å². The molecule has 63 heavy (non-hydrogen) atoms. The van der Waals surface area contributed by atoms with Crippen molar-refractivity contribution in [3.63, 3.8) is 0 Å². The minimum atomic E-state index is -0.784. The van der Waals surface area contributed by atoms with E-state index in [1.165, 1.54) is 205 Å². The SMILES string of the molecule is CCCCC/C=C\C/C=C\CCCCCCCCCCCC(=O)OC(CCCCCCCCCCCC)CC(=O)NC(CO)C(O)CCCCCCCCCCCCCCCCC. The highest BCUT2D eigenvalue weighted by molar-refractivity contribution is 5.77. The molecule has 3 atom stereocenters. The Labute approximate surface area is 392 Å². The van der Waals surface area contributed by atoms with Crippen molar-refractivity contribution in [1.82, 2.24) is 5.32 Å². The molecule has 0 aromatic heterocycles. The lowest BCUT2D eigenvalue weighted by Crippen LogP contribution is -2.46. The summed E-state index contributed by atoms with van der Waals surface area (Å²) >= 11 is 0. The van der Waals surface area contributed by atoms with Gasteiger partial charge in [0.25, 0.3) is 0 Å². The highest BCUT2D eigenvalue weighted by Gasteiger charge is 2.24. The molecule has 0 fully saturated rings. The summed E-state index contributed by atoms with van der Waals surface area (Å²) in [5.74, 6) is -0.462. The van der Waals surface area contributed by atoms with Crippen LogP contribution in [0, 0.1) is 0 Å².